The summed E-state index contributed by atoms with van der Waals surface area (Å²) in [6, 6.07) is 24.2. The highest BCUT2D eigenvalue weighted by molar-refractivity contribution is 5.83. The van der Waals surface area contributed by atoms with Gasteiger partial charge in [0.25, 0.3) is 0 Å². The van der Waals surface area contributed by atoms with Gasteiger partial charge in [0.05, 0.1) is 5.60 Å². The third kappa shape index (κ3) is 3.19. The highest BCUT2D eigenvalue weighted by Crippen LogP contribution is 2.84. The van der Waals surface area contributed by atoms with E-state index >= 15 is 0 Å². The third-order valence-electron chi connectivity index (χ3n) is 10.6. The minimum Gasteiger partial charge on any atom is -0.461 e. The van der Waals surface area contributed by atoms with Crippen LogP contribution in [0.2, 0.25) is 0 Å². The number of ether oxygens (including phenoxy) is 2. The first-order chi connectivity index (χ1) is 17.4. The van der Waals surface area contributed by atoms with Crippen LogP contribution < -0.4 is 4.74 Å². The van der Waals surface area contributed by atoms with Crippen molar-refractivity contribution in [3.8, 4) is 5.75 Å². The summed E-state index contributed by atoms with van der Waals surface area (Å²) in [5.74, 6) is 5.35. The van der Waals surface area contributed by atoms with Gasteiger partial charge in [-0.25, -0.2) is 0 Å². The Morgan fingerprint density at radius 2 is 1.44 bits per heavy atom. The van der Waals surface area contributed by atoms with Crippen LogP contribution in [0, 0.1) is 35.0 Å². The number of fused-ring (bicyclic) bond motifs is 2. The molecule has 2 bridgehead atoms. The molecule has 4 saturated carbocycles. The van der Waals surface area contributed by atoms with Gasteiger partial charge in [-0.05, 0) is 102 Å². The molecule has 0 heterocycles. The molecule has 4 aliphatic carbocycles. The number of benzene rings is 3. The van der Waals surface area contributed by atoms with Gasteiger partial charge in [-0.15, -0.1) is 0 Å². The Hall–Kier alpha value is -2.32. The molecule has 0 N–H and O–H groups in total. The van der Waals surface area contributed by atoms with E-state index in [1.54, 1.807) is 0 Å². The fourth-order valence-electron chi connectivity index (χ4n) is 9.44. The van der Waals surface area contributed by atoms with Crippen LogP contribution in [0.25, 0.3) is 10.8 Å². The molecule has 188 valence electrons. The van der Waals surface area contributed by atoms with Crippen molar-refractivity contribution in [2.75, 3.05) is 0 Å². The molecule has 0 saturated heterocycles. The maximum Gasteiger partial charge on any atom is 0.227 e. The average molecular weight is 481 g/mol. The molecule has 0 aromatic heterocycles. The summed E-state index contributed by atoms with van der Waals surface area (Å²) < 4.78 is 13.9. The van der Waals surface area contributed by atoms with Gasteiger partial charge < -0.3 is 9.47 Å². The topological polar surface area (TPSA) is 18.5 Å². The summed E-state index contributed by atoms with van der Waals surface area (Å²) in [4.78, 5) is 0. The summed E-state index contributed by atoms with van der Waals surface area (Å²) in [7, 11) is 0. The van der Waals surface area contributed by atoms with E-state index in [4.69, 9.17) is 9.47 Å². The van der Waals surface area contributed by atoms with Crippen LogP contribution in [0.4, 0.5) is 0 Å². The summed E-state index contributed by atoms with van der Waals surface area (Å²) in [6.45, 7) is 9.30. The van der Waals surface area contributed by atoms with Gasteiger partial charge in [0.15, 0.2) is 0 Å². The Kier molecular flexibility index (Phi) is 5.13. The van der Waals surface area contributed by atoms with Crippen molar-refractivity contribution < 1.29 is 9.47 Å². The molecule has 0 aliphatic heterocycles. The smallest absolute Gasteiger partial charge is 0.227 e. The van der Waals surface area contributed by atoms with Crippen LogP contribution in [0.3, 0.4) is 0 Å². The molecule has 6 atom stereocenters. The van der Waals surface area contributed by atoms with Crippen LogP contribution in [0.5, 0.6) is 5.75 Å². The summed E-state index contributed by atoms with van der Waals surface area (Å²) in [5.41, 5.74) is 3.02. The Balaban J connectivity index is 1.20. The second-order valence-electron chi connectivity index (χ2n) is 13.1. The van der Waals surface area contributed by atoms with Crippen LogP contribution in [-0.4, -0.2) is 5.60 Å². The fourth-order valence-corrected chi connectivity index (χ4v) is 9.44. The first-order valence-corrected chi connectivity index (χ1v) is 14.3. The molecular weight excluding hydrogens is 440 g/mol. The molecule has 7 rings (SSSR count). The second-order valence-corrected chi connectivity index (χ2v) is 13.1. The molecule has 3 aromatic carbocycles. The first-order valence-electron chi connectivity index (χ1n) is 14.3. The second kappa shape index (κ2) is 8.09. The minimum atomic E-state index is -0.373. The molecule has 0 amide bonds. The molecule has 4 fully saturated rings. The molecule has 36 heavy (non-hydrogen) atoms. The van der Waals surface area contributed by atoms with Crippen molar-refractivity contribution in [1.82, 2.24) is 0 Å². The number of rotatable bonds is 8. The highest BCUT2D eigenvalue weighted by Gasteiger charge is 2.81. The molecule has 4 aliphatic rings. The van der Waals surface area contributed by atoms with Crippen molar-refractivity contribution in [2.45, 2.75) is 77.6 Å². The minimum absolute atomic E-state index is 0.0279. The summed E-state index contributed by atoms with van der Waals surface area (Å²) in [6.07, 6.45) is 6.37. The monoisotopic (exact) mass is 480 g/mol. The van der Waals surface area contributed by atoms with Gasteiger partial charge in [0, 0.05) is 11.0 Å². The normalized spacial score (nSPS) is 32.6. The van der Waals surface area contributed by atoms with E-state index in [2.05, 4.69) is 94.4 Å². The molecule has 6 unspecified atom stereocenters. The van der Waals surface area contributed by atoms with Gasteiger partial charge >= 0.3 is 0 Å². The highest BCUT2D eigenvalue weighted by atomic mass is 16.7. The largest absolute Gasteiger partial charge is 0.461 e. The van der Waals surface area contributed by atoms with Gasteiger partial charge in [0.1, 0.15) is 5.75 Å². The number of hydrogen-bond acceptors (Lipinski definition) is 2. The number of hydrogen-bond donors (Lipinski definition) is 0. The lowest BCUT2D eigenvalue weighted by Crippen LogP contribution is -2.72. The van der Waals surface area contributed by atoms with E-state index in [1.807, 2.05) is 0 Å². The lowest BCUT2D eigenvalue weighted by atomic mass is 9.36. The zero-order chi connectivity index (χ0) is 24.7. The Morgan fingerprint density at radius 1 is 0.722 bits per heavy atom. The van der Waals surface area contributed by atoms with E-state index in [0.717, 1.165) is 29.1 Å². The predicted octanol–water partition coefficient (Wildman–Crippen LogP) is 8.91. The fraction of sp³-hybridized carbons (Fsp3) is 0.529. The Bertz CT molecular complexity index is 1270. The molecular formula is C34H40O2. The SMILES string of the molecule is CC(C)C(c1ccc(OC(OC23CC4CC5CC(C2)C53C4)c2ccc3ccccc3c2)cc1)C(C)C. The van der Waals surface area contributed by atoms with Crippen molar-refractivity contribution in [2.24, 2.45) is 35.0 Å². The van der Waals surface area contributed by atoms with Crippen molar-refractivity contribution in [1.29, 1.82) is 0 Å². The molecule has 2 heteroatoms. The standard InChI is InChI=1S/C34H40O2/c1-21(2)31(22(3)4)25-11-13-30(14-12-25)35-32(27-10-9-24-7-5-6-8-26(24)16-27)36-33-18-23-15-28-17-29(20-33)34(28,33)19-23/h5-14,16,21-23,28-29,31-32H,15,17-20H2,1-4H3. The van der Waals surface area contributed by atoms with Crippen LogP contribution in [-0.2, 0) is 4.74 Å². The average Bonchev–Trinajstić information content (AvgIpc) is 3.33. The van der Waals surface area contributed by atoms with Crippen molar-refractivity contribution >= 4 is 10.8 Å². The summed E-state index contributed by atoms with van der Waals surface area (Å²) >= 11 is 0. The van der Waals surface area contributed by atoms with E-state index in [-0.39, 0.29) is 11.9 Å². The quantitative estimate of drug-likeness (QED) is 0.300. The third-order valence-corrected chi connectivity index (χ3v) is 10.6. The lowest BCUT2D eigenvalue weighted by molar-refractivity contribution is -0.341. The van der Waals surface area contributed by atoms with Crippen LogP contribution in [0.15, 0.2) is 66.7 Å². The molecule has 1 spiro atoms. The zero-order valence-corrected chi connectivity index (χ0v) is 22.2. The van der Waals surface area contributed by atoms with Gasteiger partial charge in [-0.3, -0.25) is 0 Å². The van der Waals surface area contributed by atoms with Crippen LogP contribution >= 0.6 is 0 Å². The lowest BCUT2D eigenvalue weighted by Gasteiger charge is -2.72. The van der Waals surface area contributed by atoms with Gasteiger partial charge in [0.2, 0.25) is 6.29 Å². The summed E-state index contributed by atoms with van der Waals surface area (Å²) in [5, 5.41) is 2.51. The van der Waals surface area contributed by atoms with Crippen molar-refractivity contribution in [3.05, 3.63) is 77.9 Å². The predicted molar refractivity (Wildman–Crippen MR) is 146 cm³/mol. The van der Waals surface area contributed by atoms with Crippen molar-refractivity contribution in [3.63, 3.8) is 0 Å². The van der Waals surface area contributed by atoms with E-state index in [0.29, 0.717) is 23.2 Å². The Morgan fingerprint density at radius 3 is 2.14 bits per heavy atom. The van der Waals surface area contributed by atoms with Gasteiger partial charge in [-0.2, -0.15) is 0 Å². The van der Waals surface area contributed by atoms with E-state index in [1.165, 1.54) is 48.4 Å². The maximum absolute atomic E-state index is 7.19. The van der Waals surface area contributed by atoms with Crippen LogP contribution in [0.1, 0.15) is 83.1 Å². The zero-order valence-electron chi connectivity index (χ0n) is 22.2. The maximum atomic E-state index is 7.19. The van der Waals surface area contributed by atoms with E-state index < -0.39 is 0 Å². The first kappa shape index (κ1) is 22.8. The Labute approximate surface area is 216 Å². The van der Waals surface area contributed by atoms with Gasteiger partial charge in [-0.1, -0.05) is 76.2 Å². The molecule has 3 aromatic rings. The van der Waals surface area contributed by atoms with E-state index in [9.17, 15) is 0 Å². The molecule has 0 radical (unpaired) electrons. The molecule has 2 nitrogen and oxygen atoms in total.